The third-order valence-corrected chi connectivity index (χ3v) is 6.37. The van der Waals surface area contributed by atoms with E-state index in [1.807, 2.05) is 12.1 Å². The van der Waals surface area contributed by atoms with Crippen molar-refractivity contribution < 1.29 is 4.74 Å². The molecule has 2 aromatic rings. The first kappa shape index (κ1) is 14.6. The Bertz CT molecular complexity index is 680. The van der Waals surface area contributed by atoms with E-state index in [1.54, 1.807) is 0 Å². The van der Waals surface area contributed by atoms with Crippen LogP contribution >= 0.6 is 24.2 Å². The molecule has 0 spiro atoms. The van der Waals surface area contributed by atoms with Gasteiger partial charge in [0, 0.05) is 21.6 Å². The molecule has 1 heterocycles. The number of hydrogen-bond acceptors (Lipinski definition) is 2. The molecule has 0 aromatic heterocycles. The number of thiol groups is 1. The smallest absolute Gasteiger partial charge is 0.109 e. The summed E-state index contributed by atoms with van der Waals surface area (Å²) in [4.78, 5) is 0. The standard InChI is InChI=1S/C19H19ClOS/c1-13(14-7-9-16(20)10-8-14)19(12-21-19)18(11-17(18)22)15-5-3-2-4-6-15/h2-10,13,17,22H,11-12H2,1H3. The second kappa shape index (κ2) is 5.02. The summed E-state index contributed by atoms with van der Waals surface area (Å²) in [6, 6.07) is 18.9. The van der Waals surface area contributed by atoms with E-state index in [9.17, 15) is 0 Å². The molecule has 1 aliphatic heterocycles. The van der Waals surface area contributed by atoms with Gasteiger partial charge < -0.3 is 4.74 Å². The van der Waals surface area contributed by atoms with Gasteiger partial charge in [0.2, 0.25) is 0 Å². The van der Waals surface area contributed by atoms with E-state index < -0.39 is 0 Å². The van der Waals surface area contributed by atoms with Gasteiger partial charge in [0.1, 0.15) is 5.60 Å². The third-order valence-electron chi connectivity index (χ3n) is 5.49. The van der Waals surface area contributed by atoms with E-state index in [0.29, 0.717) is 11.2 Å². The average Bonchev–Trinajstić information content (AvgIpc) is 3.44. The summed E-state index contributed by atoms with van der Waals surface area (Å²) in [5.41, 5.74) is 2.54. The van der Waals surface area contributed by atoms with Gasteiger partial charge in [-0.25, -0.2) is 0 Å². The molecule has 0 bridgehead atoms. The first-order chi connectivity index (χ1) is 10.6. The zero-order valence-corrected chi connectivity index (χ0v) is 14.1. The van der Waals surface area contributed by atoms with Gasteiger partial charge >= 0.3 is 0 Å². The van der Waals surface area contributed by atoms with Crippen LogP contribution in [0.25, 0.3) is 0 Å². The van der Waals surface area contributed by atoms with Gasteiger partial charge in [-0.2, -0.15) is 12.6 Å². The maximum atomic E-state index is 6.11. The van der Waals surface area contributed by atoms with Crippen molar-refractivity contribution in [1.29, 1.82) is 0 Å². The molecule has 4 atom stereocenters. The summed E-state index contributed by atoms with van der Waals surface area (Å²) in [7, 11) is 0. The molecule has 2 fully saturated rings. The highest BCUT2D eigenvalue weighted by molar-refractivity contribution is 7.81. The quantitative estimate of drug-likeness (QED) is 0.624. The van der Waals surface area contributed by atoms with Crippen LogP contribution < -0.4 is 0 Å². The predicted octanol–water partition coefficient (Wildman–Crippen LogP) is 4.85. The van der Waals surface area contributed by atoms with E-state index >= 15 is 0 Å². The van der Waals surface area contributed by atoms with E-state index in [4.69, 9.17) is 29.0 Å². The zero-order chi connectivity index (χ0) is 15.4. The molecule has 4 unspecified atom stereocenters. The molecule has 3 heteroatoms. The normalized spacial score (nSPS) is 34.2. The monoisotopic (exact) mass is 330 g/mol. The van der Waals surface area contributed by atoms with Crippen LogP contribution in [0.1, 0.15) is 30.4 Å². The predicted molar refractivity (Wildman–Crippen MR) is 94.1 cm³/mol. The number of rotatable bonds is 4. The highest BCUT2D eigenvalue weighted by Crippen LogP contribution is 2.68. The Balaban J connectivity index is 1.73. The van der Waals surface area contributed by atoms with Crippen LogP contribution in [0.2, 0.25) is 5.02 Å². The minimum Gasteiger partial charge on any atom is -0.368 e. The van der Waals surface area contributed by atoms with Crippen LogP contribution in [0.3, 0.4) is 0 Å². The minimum atomic E-state index is -0.130. The molecule has 4 rings (SSSR count). The van der Waals surface area contributed by atoms with Crippen molar-refractivity contribution in [2.45, 2.75) is 35.5 Å². The molecule has 0 amide bonds. The number of hydrogen-bond donors (Lipinski definition) is 1. The SMILES string of the molecule is CC(c1ccc(Cl)cc1)C1(C2(c3ccccc3)CC2S)CO1. The Labute approximate surface area is 142 Å². The van der Waals surface area contributed by atoms with Gasteiger partial charge in [0.05, 0.1) is 6.61 Å². The fourth-order valence-corrected chi connectivity index (χ4v) is 4.76. The van der Waals surface area contributed by atoms with E-state index in [-0.39, 0.29) is 11.0 Å². The van der Waals surface area contributed by atoms with Crippen molar-refractivity contribution in [3.8, 4) is 0 Å². The lowest BCUT2D eigenvalue weighted by molar-refractivity contribution is 0.217. The lowest BCUT2D eigenvalue weighted by atomic mass is 9.73. The Morgan fingerprint density at radius 1 is 1.14 bits per heavy atom. The van der Waals surface area contributed by atoms with Gasteiger partial charge in [-0.1, -0.05) is 61.0 Å². The molecule has 114 valence electrons. The topological polar surface area (TPSA) is 12.5 Å². The summed E-state index contributed by atoms with van der Waals surface area (Å²) in [6.45, 7) is 3.07. The maximum Gasteiger partial charge on any atom is 0.109 e. The molecule has 0 radical (unpaired) electrons. The van der Waals surface area contributed by atoms with Crippen molar-refractivity contribution in [3.05, 3.63) is 70.7 Å². The molecule has 0 N–H and O–H groups in total. The number of benzene rings is 2. The van der Waals surface area contributed by atoms with E-state index in [2.05, 4.69) is 49.4 Å². The van der Waals surface area contributed by atoms with Crippen molar-refractivity contribution in [2.75, 3.05) is 6.61 Å². The average molecular weight is 331 g/mol. The number of halogens is 1. The summed E-state index contributed by atoms with van der Waals surface area (Å²) in [5, 5.41) is 1.14. The Morgan fingerprint density at radius 3 is 2.23 bits per heavy atom. The number of ether oxygens (including phenoxy) is 1. The maximum absolute atomic E-state index is 6.11. The molecule has 2 aromatic carbocycles. The summed E-state index contributed by atoms with van der Waals surface area (Å²) in [6.07, 6.45) is 1.08. The molecule has 1 saturated heterocycles. The van der Waals surface area contributed by atoms with Crippen LogP contribution in [0, 0.1) is 0 Å². The second-order valence-electron chi connectivity index (χ2n) is 6.51. The van der Waals surface area contributed by atoms with Crippen molar-refractivity contribution in [3.63, 3.8) is 0 Å². The van der Waals surface area contributed by atoms with Crippen LogP contribution in [0.5, 0.6) is 0 Å². The zero-order valence-electron chi connectivity index (χ0n) is 12.5. The number of epoxide rings is 1. The highest BCUT2D eigenvalue weighted by atomic mass is 35.5. The van der Waals surface area contributed by atoms with Gasteiger partial charge in [-0.3, -0.25) is 0 Å². The highest BCUT2D eigenvalue weighted by Gasteiger charge is 2.74. The Hall–Kier alpha value is -0.960. The molecule has 1 aliphatic carbocycles. The lowest BCUT2D eigenvalue weighted by Crippen LogP contribution is -2.37. The summed E-state index contributed by atoms with van der Waals surface area (Å²) in [5.74, 6) is 0.321. The van der Waals surface area contributed by atoms with Crippen LogP contribution in [-0.2, 0) is 10.2 Å². The van der Waals surface area contributed by atoms with Crippen LogP contribution in [-0.4, -0.2) is 17.5 Å². The summed E-state index contributed by atoms with van der Waals surface area (Å²) < 4.78 is 6.11. The second-order valence-corrected chi connectivity index (χ2v) is 7.57. The summed E-state index contributed by atoms with van der Waals surface area (Å²) >= 11 is 10.8. The fraction of sp³-hybridized carbons (Fsp3) is 0.368. The molecular formula is C19H19ClOS. The Morgan fingerprint density at radius 2 is 1.73 bits per heavy atom. The van der Waals surface area contributed by atoms with Crippen molar-refractivity contribution in [2.24, 2.45) is 0 Å². The molecule has 2 aliphatic rings. The van der Waals surface area contributed by atoms with Gasteiger partial charge in [-0.05, 0) is 29.7 Å². The molecule has 1 saturated carbocycles. The first-order valence-corrected chi connectivity index (χ1v) is 8.63. The van der Waals surface area contributed by atoms with Gasteiger partial charge in [0.25, 0.3) is 0 Å². The minimum absolute atomic E-state index is 0.0381. The molecule has 22 heavy (non-hydrogen) atoms. The van der Waals surface area contributed by atoms with E-state index in [1.165, 1.54) is 11.1 Å². The molecule has 1 nitrogen and oxygen atoms in total. The third kappa shape index (κ3) is 1.97. The van der Waals surface area contributed by atoms with Crippen molar-refractivity contribution in [1.82, 2.24) is 0 Å². The fourth-order valence-electron chi connectivity index (χ4n) is 3.98. The molecular weight excluding hydrogens is 312 g/mol. The van der Waals surface area contributed by atoms with Gasteiger partial charge in [-0.15, -0.1) is 0 Å². The lowest BCUT2D eigenvalue weighted by Gasteiger charge is -2.31. The first-order valence-electron chi connectivity index (χ1n) is 7.73. The van der Waals surface area contributed by atoms with Gasteiger partial charge in [0.15, 0.2) is 0 Å². The largest absolute Gasteiger partial charge is 0.368 e. The van der Waals surface area contributed by atoms with Crippen LogP contribution in [0.4, 0.5) is 0 Å². The Kier molecular flexibility index (Phi) is 3.34. The van der Waals surface area contributed by atoms with Crippen LogP contribution in [0.15, 0.2) is 54.6 Å². The van der Waals surface area contributed by atoms with E-state index in [0.717, 1.165) is 18.1 Å². The van der Waals surface area contributed by atoms with Crippen molar-refractivity contribution >= 4 is 24.2 Å².